The van der Waals surface area contributed by atoms with E-state index in [1.54, 1.807) is 0 Å². The van der Waals surface area contributed by atoms with Crippen molar-refractivity contribution in [2.45, 2.75) is 62.8 Å². The number of hydrogen-bond donors (Lipinski definition) is 2. The molecule has 1 spiro atoms. The Bertz CT molecular complexity index is 784. The van der Waals surface area contributed by atoms with Gasteiger partial charge in [-0.15, -0.1) is 5.06 Å². The van der Waals surface area contributed by atoms with E-state index in [-0.39, 0.29) is 0 Å². The average Bonchev–Trinajstić information content (AvgIpc) is 3.14. The van der Waals surface area contributed by atoms with Crippen molar-refractivity contribution in [2.24, 2.45) is 0 Å². The molecule has 1 aromatic rings. The quantitative estimate of drug-likeness (QED) is 0.671. The summed E-state index contributed by atoms with van der Waals surface area (Å²) in [6, 6.07) is 5.48. The van der Waals surface area contributed by atoms with Gasteiger partial charge in [0.25, 0.3) is 5.17 Å². The molecule has 0 aromatic heterocycles. The molecule has 0 bridgehead atoms. The third-order valence-corrected chi connectivity index (χ3v) is 6.20. The number of alkyl halides is 3. The topological polar surface area (TPSA) is 45.8 Å². The van der Waals surface area contributed by atoms with Crippen molar-refractivity contribution in [2.75, 3.05) is 13.1 Å². The number of hydrogen-bond acceptors (Lipinski definition) is 5. The highest BCUT2D eigenvalue weighted by molar-refractivity contribution is 7.80. The number of hydroxylamine groups is 3. The minimum absolute atomic E-state index is 0.402. The normalized spacial score (nSPS) is 22.4. The van der Waals surface area contributed by atoms with Crippen LogP contribution in [0.15, 0.2) is 30.3 Å². The zero-order valence-electron chi connectivity index (χ0n) is 16.6. The highest BCUT2D eigenvalue weighted by atomic mass is 32.1. The molecule has 164 valence electrons. The van der Waals surface area contributed by atoms with Crippen LogP contribution in [0, 0.1) is 0 Å². The zero-order chi connectivity index (χ0) is 21.2. The number of nitrogens with one attached hydrogen (secondary N) is 2. The lowest BCUT2D eigenvalue weighted by Gasteiger charge is -2.36. The van der Waals surface area contributed by atoms with E-state index in [0.717, 1.165) is 25.0 Å². The van der Waals surface area contributed by atoms with Gasteiger partial charge < -0.3 is 10.2 Å². The van der Waals surface area contributed by atoms with Gasteiger partial charge in [0.05, 0.1) is 11.3 Å². The van der Waals surface area contributed by atoms with Crippen molar-refractivity contribution in [3.8, 4) is 0 Å². The molecule has 30 heavy (non-hydrogen) atoms. The van der Waals surface area contributed by atoms with Crippen LogP contribution in [0.5, 0.6) is 0 Å². The fraction of sp³-hybridized carbons (Fsp3) is 0.571. The van der Waals surface area contributed by atoms with Crippen LogP contribution >= 0.6 is 12.2 Å². The van der Waals surface area contributed by atoms with Crippen molar-refractivity contribution >= 4 is 23.1 Å². The Morgan fingerprint density at radius 3 is 2.43 bits per heavy atom. The van der Waals surface area contributed by atoms with Gasteiger partial charge in [0.15, 0.2) is 0 Å². The second-order valence-electron chi connectivity index (χ2n) is 8.19. The second kappa shape index (κ2) is 8.72. The first kappa shape index (κ1) is 21.4. The Balaban J connectivity index is 1.30. The lowest BCUT2D eigenvalue weighted by Crippen LogP contribution is -2.47. The van der Waals surface area contributed by atoms with E-state index in [9.17, 15) is 13.2 Å². The molecule has 2 heterocycles. The van der Waals surface area contributed by atoms with Crippen LogP contribution in [-0.4, -0.2) is 35.0 Å². The van der Waals surface area contributed by atoms with Gasteiger partial charge in [-0.05, 0) is 61.7 Å². The Hall–Kier alpha value is -1.84. The SMILES string of the molecule is FC(F)(F)c1ccc(C2=CC3(CCN(OC(=S)NC4CCCCC4)CC3)ON2)cc1. The third kappa shape index (κ3) is 5.07. The number of halogens is 3. The van der Waals surface area contributed by atoms with Crippen LogP contribution in [0.25, 0.3) is 5.70 Å². The van der Waals surface area contributed by atoms with Gasteiger partial charge in [0, 0.05) is 19.1 Å². The van der Waals surface area contributed by atoms with E-state index >= 15 is 0 Å². The molecule has 0 unspecified atom stereocenters. The molecule has 3 aliphatic rings. The zero-order valence-corrected chi connectivity index (χ0v) is 17.5. The first-order valence-electron chi connectivity index (χ1n) is 10.4. The molecule has 1 aliphatic carbocycles. The number of nitrogens with zero attached hydrogens (tertiary/aromatic N) is 1. The molecule has 0 radical (unpaired) electrons. The molecule has 2 fully saturated rings. The first-order valence-corrected chi connectivity index (χ1v) is 10.8. The first-order chi connectivity index (χ1) is 14.3. The van der Waals surface area contributed by atoms with E-state index in [1.807, 2.05) is 11.1 Å². The molecule has 5 nitrogen and oxygen atoms in total. The number of rotatable bonds is 3. The van der Waals surface area contributed by atoms with Crippen LogP contribution in [0.3, 0.4) is 0 Å². The maximum absolute atomic E-state index is 12.8. The van der Waals surface area contributed by atoms with Gasteiger partial charge in [-0.3, -0.25) is 10.3 Å². The van der Waals surface area contributed by atoms with Gasteiger partial charge >= 0.3 is 6.18 Å². The molecule has 0 amide bonds. The number of thiocarbonyl (C=S) groups is 1. The maximum atomic E-state index is 12.8. The van der Waals surface area contributed by atoms with Gasteiger partial charge in [0.1, 0.15) is 5.60 Å². The van der Waals surface area contributed by atoms with Crippen LogP contribution in [-0.2, 0) is 15.9 Å². The summed E-state index contributed by atoms with van der Waals surface area (Å²) in [6.07, 6.45) is 5.00. The molecular formula is C21H26F3N3O2S. The van der Waals surface area contributed by atoms with Crippen molar-refractivity contribution < 1.29 is 22.8 Å². The van der Waals surface area contributed by atoms with E-state index < -0.39 is 17.3 Å². The summed E-state index contributed by atoms with van der Waals surface area (Å²) in [5.74, 6) is 0. The van der Waals surface area contributed by atoms with Crippen LogP contribution in [0.4, 0.5) is 13.2 Å². The highest BCUT2D eigenvalue weighted by Crippen LogP contribution is 2.36. The largest absolute Gasteiger partial charge is 0.416 e. The Labute approximate surface area is 179 Å². The highest BCUT2D eigenvalue weighted by Gasteiger charge is 2.40. The average molecular weight is 442 g/mol. The fourth-order valence-electron chi connectivity index (χ4n) is 4.22. The third-order valence-electron chi connectivity index (χ3n) is 6.00. The Morgan fingerprint density at radius 1 is 1.13 bits per heavy atom. The standard InChI is InChI=1S/C21H26F3N3O2S/c22-21(23,24)16-8-6-15(7-9-16)18-14-20(29-26-18)10-12-27(13-11-20)28-19(30)25-17-4-2-1-3-5-17/h6-9,14,17,26H,1-5,10-13H2,(H,25,30). The lowest BCUT2D eigenvalue weighted by atomic mass is 9.91. The Morgan fingerprint density at radius 2 is 1.80 bits per heavy atom. The summed E-state index contributed by atoms with van der Waals surface area (Å²) < 4.78 is 38.3. The molecule has 1 saturated heterocycles. The second-order valence-corrected chi connectivity index (χ2v) is 8.56. The molecule has 2 aliphatic heterocycles. The van der Waals surface area contributed by atoms with Gasteiger partial charge in [-0.25, -0.2) is 0 Å². The predicted octanol–water partition coefficient (Wildman–Crippen LogP) is 4.55. The molecule has 9 heteroatoms. The van der Waals surface area contributed by atoms with Crippen molar-refractivity contribution in [1.82, 2.24) is 15.9 Å². The van der Waals surface area contributed by atoms with Gasteiger partial charge in [-0.1, -0.05) is 31.4 Å². The molecule has 2 N–H and O–H groups in total. The van der Waals surface area contributed by atoms with Crippen LogP contribution in [0.1, 0.15) is 56.1 Å². The summed E-state index contributed by atoms with van der Waals surface area (Å²) >= 11 is 5.35. The van der Waals surface area contributed by atoms with Crippen molar-refractivity contribution in [1.29, 1.82) is 0 Å². The van der Waals surface area contributed by atoms with Crippen LogP contribution in [0.2, 0.25) is 0 Å². The summed E-state index contributed by atoms with van der Waals surface area (Å²) in [4.78, 5) is 11.6. The van der Waals surface area contributed by atoms with E-state index in [1.165, 1.54) is 31.4 Å². The lowest BCUT2D eigenvalue weighted by molar-refractivity contribution is -0.144. The summed E-state index contributed by atoms with van der Waals surface area (Å²) in [7, 11) is 0. The fourth-order valence-corrected chi connectivity index (χ4v) is 4.49. The smallest absolute Gasteiger partial charge is 0.376 e. The van der Waals surface area contributed by atoms with Crippen molar-refractivity contribution in [3.05, 3.63) is 41.5 Å². The van der Waals surface area contributed by atoms with Gasteiger partial charge in [0.2, 0.25) is 0 Å². The van der Waals surface area contributed by atoms with E-state index in [0.29, 0.717) is 48.4 Å². The number of benzene rings is 1. The molecular weight excluding hydrogens is 415 g/mol. The monoisotopic (exact) mass is 441 g/mol. The molecule has 1 saturated carbocycles. The molecule has 0 atom stereocenters. The minimum atomic E-state index is -4.34. The number of piperidine rings is 1. The Kier molecular flexibility index (Phi) is 6.22. The van der Waals surface area contributed by atoms with Crippen LogP contribution < -0.4 is 10.8 Å². The van der Waals surface area contributed by atoms with E-state index in [2.05, 4.69) is 10.8 Å². The summed E-state index contributed by atoms with van der Waals surface area (Å²) in [5, 5.41) is 5.57. The summed E-state index contributed by atoms with van der Waals surface area (Å²) in [5.41, 5.74) is 3.08. The molecule has 4 rings (SSSR count). The van der Waals surface area contributed by atoms with E-state index in [4.69, 9.17) is 21.9 Å². The molecule has 1 aromatic carbocycles. The maximum Gasteiger partial charge on any atom is 0.416 e. The summed E-state index contributed by atoms with van der Waals surface area (Å²) in [6.45, 7) is 1.29. The minimum Gasteiger partial charge on any atom is -0.376 e. The predicted molar refractivity (Wildman–Crippen MR) is 111 cm³/mol. The van der Waals surface area contributed by atoms with Crippen molar-refractivity contribution in [3.63, 3.8) is 0 Å². The van der Waals surface area contributed by atoms with Gasteiger partial charge in [-0.2, -0.15) is 13.2 Å².